The van der Waals surface area contributed by atoms with Crippen LogP contribution in [0, 0.1) is 5.92 Å². The average Bonchev–Trinajstić information content (AvgIpc) is 2.55. The van der Waals surface area contributed by atoms with Crippen LogP contribution in [0.5, 0.6) is 0 Å². The van der Waals surface area contributed by atoms with Crippen molar-refractivity contribution in [2.75, 3.05) is 23.7 Å². The molecule has 1 saturated heterocycles. The van der Waals surface area contributed by atoms with Crippen LogP contribution in [0.15, 0.2) is 36.7 Å². The summed E-state index contributed by atoms with van der Waals surface area (Å²) in [6.45, 7) is 6.58. The van der Waals surface area contributed by atoms with Crippen molar-refractivity contribution in [1.82, 2.24) is 9.97 Å². The largest absolute Gasteiger partial charge is 0.384 e. The van der Waals surface area contributed by atoms with Crippen LogP contribution in [0.3, 0.4) is 0 Å². The van der Waals surface area contributed by atoms with E-state index in [0.29, 0.717) is 17.7 Å². The Bertz CT molecular complexity index is 628. The maximum Gasteiger partial charge on any atom is 0.134 e. The molecule has 1 aromatic heterocycles. The highest BCUT2D eigenvalue weighted by Gasteiger charge is 2.21. The summed E-state index contributed by atoms with van der Waals surface area (Å²) in [5.41, 5.74) is 8.67. The Hall–Kier alpha value is -2.10. The van der Waals surface area contributed by atoms with Crippen molar-refractivity contribution in [3.63, 3.8) is 0 Å². The minimum atomic E-state index is 0.540. The standard InChI is InChI=1S/C19H26N4/c1-14(2)11-15-3-5-16(6-4-15)17-7-9-23(10-8-17)19-12-18(20)21-13-22-19/h3-6,12-14,17H,7-11H2,1-2H3,(H2,20,21,22). The zero-order valence-electron chi connectivity index (χ0n) is 14.1. The summed E-state index contributed by atoms with van der Waals surface area (Å²) in [5.74, 6) is 2.85. The lowest BCUT2D eigenvalue weighted by Crippen LogP contribution is -2.33. The van der Waals surface area contributed by atoms with Gasteiger partial charge in [-0.3, -0.25) is 0 Å². The zero-order chi connectivity index (χ0) is 16.2. The van der Waals surface area contributed by atoms with E-state index in [2.05, 4.69) is 53.0 Å². The fraction of sp³-hybridized carbons (Fsp3) is 0.474. The normalized spacial score (nSPS) is 16.0. The van der Waals surface area contributed by atoms with Crippen LogP contribution in [0.1, 0.15) is 43.7 Å². The van der Waals surface area contributed by atoms with Gasteiger partial charge in [-0.25, -0.2) is 9.97 Å². The summed E-state index contributed by atoms with van der Waals surface area (Å²) in [5, 5.41) is 0. The van der Waals surface area contributed by atoms with Gasteiger partial charge in [0.1, 0.15) is 18.0 Å². The van der Waals surface area contributed by atoms with E-state index >= 15 is 0 Å². The van der Waals surface area contributed by atoms with Gasteiger partial charge in [0.25, 0.3) is 0 Å². The highest BCUT2D eigenvalue weighted by molar-refractivity contribution is 5.46. The predicted molar refractivity (Wildman–Crippen MR) is 95.6 cm³/mol. The Labute approximate surface area is 138 Å². The van der Waals surface area contributed by atoms with Crippen molar-refractivity contribution in [1.29, 1.82) is 0 Å². The van der Waals surface area contributed by atoms with Crippen LogP contribution < -0.4 is 10.6 Å². The number of nitrogen functional groups attached to an aromatic ring is 1. The Kier molecular flexibility index (Phi) is 4.79. The zero-order valence-corrected chi connectivity index (χ0v) is 14.1. The van der Waals surface area contributed by atoms with E-state index in [4.69, 9.17) is 5.73 Å². The highest BCUT2D eigenvalue weighted by Crippen LogP contribution is 2.30. The number of hydrogen-bond acceptors (Lipinski definition) is 4. The van der Waals surface area contributed by atoms with Crippen molar-refractivity contribution in [2.24, 2.45) is 5.92 Å². The molecular weight excluding hydrogens is 284 g/mol. The Morgan fingerprint density at radius 2 is 1.83 bits per heavy atom. The molecule has 1 aliphatic heterocycles. The quantitative estimate of drug-likeness (QED) is 0.936. The number of aromatic nitrogens is 2. The van der Waals surface area contributed by atoms with Gasteiger partial charge in [0.05, 0.1) is 0 Å². The smallest absolute Gasteiger partial charge is 0.134 e. The molecule has 0 radical (unpaired) electrons. The van der Waals surface area contributed by atoms with E-state index in [9.17, 15) is 0 Å². The first-order valence-electron chi connectivity index (χ1n) is 8.53. The monoisotopic (exact) mass is 310 g/mol. The van der Waals surface area contributed by atoms with E-state index in [1.807, 2.05) is 6.07 Å². The molecule has 122 valence electrons. The van der Waals surface area contributed by atoms with Crippen molar-refractivity contribution < 1.29 is 0 Å². The lowest BCUT2D eigenvalue weighted by Gasteiger charge is -2.33. The highest BCUT2D eigenvalue weighted by atomic mass is 15.2. The number of piperidine rings is 1. The van der Waals surface area contributed by atoms with Crippen molar-refractivity contribution >= 4 is 11.6 Å². The fourth-order valence-corrected chi connectivity index (χ4v) is 3.37. The van der Waals surface area contributed by atoms with E-state index in [0.717, 1.165) is 38.2 Å². The van der Waals surface area contributed by atoms with Gasteiger partial charge in [-0.1, -0.05) is 38.1 Å². The van der Waals surface area contributed by atoms with Gasteiger partial charge in [0.15, 0.2) is 0 Å². The van der Waals surface area contributed by atoms with Gasteiger partial charge >= 0.3 is 0 Å². The minimum Gasteiger partial charge on any atom is -0.384 e. The van der Waals surface area contributed by atoms with Crippen LogP contribution in [0.4, 0.5) is 11.6 Å². The topological polar surface area (TPSA) is 55.0 Å². The van der Waals surface area contributed by atoms with Crippen LogP contribution >= 0.6 is 0 Å². The van der Waals surface area contributed by atoms with Crippen molar-refractivity contribution in [3.05, 3.63) is 47.8 Å². The molecule has 0 atom stereocenters. The molecule has 0 bridgehead atoms. The van der Waals surface area contributed by atoms with Crippen LogP contribution in [-0.2, 0) is 6.42 Å². The SMILES string of the molecule is CC(C)Cc1ccc(C2CCN(c3cc(N)ncn3)CC2)cc1. The summed E-state index contributed by atoms with van der Waals surface area (Å²) in [7, 11) is 0. The lowest BCUT2D eigenvalue weighted by atomic mass is 9.88. The summed E-state index contributed by atoms with van der Waals surface area (Å²) in [4.78, 5) is 10.6. The third-order valence-electron chi connectivity index (χ3n) is 4.59. The summed E-state index contributed by atoms with van der Waals surface area (Å²) in [6.07, 6.45) is 5.03. The molecule has 0 unspecified atom stereocenters. The van der Waals surface area contributed by atoms with Gasteiger partial charge in [0, 0.05) is 19.2 Å². The van der Waals surface area contributed by atoms with Crippen LogP contribution in [0.2, 0.25) is 0 Å². The van der Waals surface area contributed by atoms with Gasteiger partial charge in [0.2, 0.25) is 0 Å². The molecule has 1 aromatic carbocycles. The third-order valence-corrected chi connectivity index (χ3v) is 4.59. The molecule has 0 amide bonds. The lowest BCUT2D eigenvalue weighted by molar-refractivity contribution is 0.502. The molecule has 2 heterocycles. The van der Waals surface area contributed by atoms with E-state index in [-0.39, 0.29) is 0 Å². The molecule has 3 rings (SSSR count). The number of hydrogen-bond donors (Lipinski definition) is 1. The van der Waals surface area contributed by atoms with Gasteiger partial charge in [-0.05, 0) is 42.2 Å². The average molecular weight is 310 g/mol. The number of rotatable bonds is 4. The predicted octanol–water partition coefficient (Wildman–Crippen LogP) is 3.64. The van der Waals surface area contributed by atoms with E-state index in [1.54, 1.807) is 6.33 Å². The second-order valence-electron chi connectivity index (χ2n) is 6.90. The maximum absolute atomic E-state index is 5.75. The summed E-state index contributed by atoms with van der Waals surface area (Å²) >= 11 is 0. The first-order chi connectivity index (χ1) is 11.1. The molecule has 2 aromatic rings. The summed E-state index contributed by atoms with van der Waals surface area (Å²) < 4.78 is 0. The third kappa shape index (κ3) is 4.01. The van der Waals surface area contributed by atoms with Crippen LogP contribution in [0.25, 0.3) is 0 Å². The molecule has 23 heavy (non-hydrogen) atoms. The second-order valence-corrected chi connectivity index (χ2v) is 6.90. The first kappa shape index (κ1) is 15.8. The maximum atomic E-state index is 5.75. The van der Waals surface area contributed by atoms with E-state index < -0.39 is 0 Å². The van der Waals surface area contributed by atoms with E-state index in [1.165, 1.54) is 11.1 Å². The molecule has 0 aliphatic carbocycles. The molecule has 1 aliphatic rings. The second kappa shape index (κ2) is 6.99. The Morgan fingerprint density at radius 1 is 1.13 bits per heavy atom. The molecule has 4 heteroatoms. The van der Waals surface area contributed by atoms with Gasteiger partial charge < -0.3 is 10.6 Å². The van der Waals surface area contributed by atoms with Gasteiger partial charge in [-0.2, -0.15) is 0 Å². The molecule has 0 saturated carbocycles. The van der Waals surface area contributed by atoms with Crippen molar-refractivity contribution in [2.45, 2.75) is 39.0 Å². The van der Waals surface area contributed by atoms with Gasteiger partial charge in [-0.15, -0.1) is 0 Å². The summed E-state index contributed by atoms with van der Waals surface area (Å²) in [6, 6.07) is 11.1. The number of nitrogens with two attached hydrogens (primary N) is 1. The molecule has 0 spiro atoms. The molecule has 2 N–H and O–H groups in total. The number of benzene rings is 1. The Balaban J connectivity index is 1.60. The molecular formula is C19H26N4. The fourth-order valence-electron chi connectivity index (χ4n) is 3.37. The number of nitrogens with zero attached hydrogens (tertiary/aromatic N) is 3. The first-order valence-corrected chi connectivity index (χ1v) is 8.53. The molecule has 4 nitrogen and oxygen atoms in total. The number of anilines is 2. The molecule has 1 fully saturated rings. The minimum absolute atomic E-state index is 0.540. The van der Waals surface area contributed by atoms with Crippen LogP contribution in [-0.4, -0.2) is 23.1 Å². The van der Waals surface area contributed by atoms with Crippen molar-refractivity contribution in [3.8, 4) is 0 Å². The Morgan fingerprint density at radius 3 is 2.43 bits per heavy atom.